The smallest absolute Gasteiger partial charge is 0.137 e. The van der Waals surface area contributed by atoms with Gasteiger partial charge in [0, 0.05) is 24.7 Å². The molecule has 0 unspecified atom stereocenters. The maximum absolute atomic E-state index is 4.14. The molecule has 0 bridgehead atoms. The van der Waals surface area contributed by atoms with Crippen molar-refractivity contribution in [2.75, 3.05) is 11.9 Å². The van der Waals surface area contributed by atoms with Crippen LogP contribution in [-0.4, -0.2) is 31.7 Å². The molecule has 0 amide bonds. The Hall–Kier alpha value is -1.98. The lowest BCUT2D eigenvalue weighted by Crippen LogP contribution is -2.08. The van der Waals surface area contributed by atoms with Crippen LogP contribution in [0.1, 0.15) is 18.4 Å². The predicted octanol–water partition coefficient (Wildman–Crippen LogP) is 0.812. The lowest BCUT2D eigenvalue weighted by Gasteiger charge is -2.04. The van der Waals surface area contributed by atoms with E-state index in [0.717, 1.165) is 36.7 Å². The van der Waals surface area contributed by atoms with Crippen LogP contribution in [0.25, 0.3) is 0 Å². The summed E-state index contributed by atoms with van der Waals surface area (Å²) in [6.07, 6.45) is 4.80. The summed E-state index contributed by atoms with van der Waals surface area (Å²) in [5, 5.41) is 9.82. The first-order valence-electron chi connectivity index (χ1n) is 5.27. The molecule has 0 radical (unpaired) electrons. The molecule has 0 atom stereocenters. The van der Waals surface area contributed by atoms with E-state index in [9.17, 15) is 0 Å². The van der Waals surface area contributed by atoms with Gasteiger partial charge in [-0.25, -0.2) is 15.0 Å². The van der Waals surface area contributed by atoms with Crippen molar-refractivity contribution in [3.63, 3.8) is 0 Å². The van der Waals surface area contributed by atoms with Gasteiger partial charge in [-0.05, 0) is 6.42 Å². The number of H-pyrrole nitrogens is 1. The lowest BCUT2D eigenvalue weighted by atomic mass is 10.3. The van der Waals surface area contributed by atoms with Crippen LogP contribution in [0.3, 0.4) is 0 Å². The quantitative estimate of drug-likeness (QED) is 0.776. The van der Waals surface area contributed by atoms with Gasteiger partial charge in [0.05, 0.1) is 0 Å². The summed E-state index contributed by atoms with van der Waals surface area (Å²) in [5.41, 5.74) is 1.04. The minimum atomic E-state index is 0.773. The van der Waals surface area contributed by atoms with E-state index in [1.807, 2.05) is 6.07 Å². The summed E-state index contributed by atoms with van der Waals surface area (Å²) in [7, 11) is 0. The molecular weight excluding hydrogens is 204 g/mol. The van der Waals surface area contributed by atoms with Gasteiger partial charge in [-0.15, -0.1) is 0 Å². The van der Waals surface area contributed by atoms with Crippen molar-refractivity contribution >= 4 is 5.82 Å². The third-order valence-corrected chi connectivity index (χ3v) is 2.22. The number of nitrogens with one attached hydrogen (secondary N) is 2. The van der Waals surface area contributed by atoms with Gasteiger partial charge in [0.2, 0.25) is 0 Å². The van der Waals surface area contributed by atoms with Gasteiger partial charge in [-0.1, -0.05) is 6.92 Å². The highest BCUT2D eigenvalue weighted by atomic mass is 15.2. The Morgan fingerprint density at radius 1 is 1.25 bits per heavy atom. The van der Waals surface area contributed by atoms with Gasteiger partial charge in [0.15, 0.2) is 0 Å². The molecule has 0 fully saturated rings. The second-order valence-corrected chi connectivity index (χ2v) is 3.36. The molecule has 16 heavy (non-hydrogen) atoms. The first-order chi connectivity index (χ1) is 7.88. The largest absolute Gasteiger partial charge is 0.370 e. The lowest BCUT2D eigenvalue weighted by molar-refractivity contribution is 0.893. The molecule has 0 aromatic carbocycles. The minimum absolute atomic E-state index is 0.773. The van der Waals surface area contributed by atoms with Crippen molar-refractivity contribution in [1.29, 1.82) is 0 Å². The van der Waals surface area contributed by atoms with Crippen LogP contribution in [0, 0.1) is 0 Å². The maximum atomic E-state index is 4.14. The molecule has 6 heteroatoms. The summed E-state index contributed by atoms with van der Waals surface area (Å²) < 4.78 is 0. The molecule has 0 aliphatic carbocycles. The number of aryl methyl sites for hydroxylation is 1. The third kappa shape index (κ3) is 2.75. The average molecular weight is 218 g/mol. The number of hydrogen-bond donors (Lipinski definition) is 2. The molecule has 0 saturated carbocycles. The van der Waals surface area contributed by atoms with E-state index in [-0.39, 0.29) is 0 Å². The van der Waals surface area contributed by atoms with E-state index < -0.39 is 0 Å². The van der Waals surface area contributed by atoms with Crippen LogP contribution < -0.4 is 5.32 Å². The summed E-state index contributed by atoms with van der Waals surface area (Å²) >= 11 is 0. The summed E-state index contributed by atoms with van der Waals surface area (Å²) in [6, 6.07) is 1.96. The summed E-state index contributed by atoms with van der Waals surface area (Å²) in [4.78, 5) is 12.3. The van der Waals surface area contributed by atoms with E-state index in [4.69, 9.17) is 0 Å². The number of aromatic amines is 1. The predicted molar refractivity (Wildman–Crippen MR) is 60.0 cm³/mol. The number of rotatable bonds is 5. The fourth-order valence-corrected chi connectivity index (χ4v) is 1.35. The van der Waals surface area contributed by atoms with Gasteiger partial charge in [-0.2, -0.15) is 5.10 Å². The zero-order valence-electron chi connectivity index (χ0n) is 9.14. The normalized spacial score (nSPS) is 10.3. The zero-order chi connectivity index (χ0) is 11.2. The Morgan fingerprint density at radius 2 is 2.19 bits per heavy atom. The van der Waals surface area contributed by atoms with E-state index in [1.165, 1.54) is 6.33 Å². The van der Waals surface area contributed by atoms with Crippen LogP contribution in [0.5, 0.6) is 0 Å². The number of aromatic nitrogens is 5. The summed E-state index contributed by atoms with van der Waals surface area (Å²) in [5.74, 6) is 1.73. The highest BCUT2D eigenvalue weighted by Crippen LogP contribution is 2.04. The molecule has 0 spiro atoms. The molecule has 2 aromatic heterocycles. The van der Waals surface area contributed by atoms with Crippen LogP contribution in [-0.2, 0) is 12.8 Å². The van der Waals surface area contributed by atoms with Crippen LogP contribution >= 0.6 is 0 Å². The monoisotopic (exact) mass is 218 g/mol. The number of anilines is 1. The highest BCUT2D eigenvalue weighted by molar-refractivity contribution is 5.34. The Labute approximate surface area is 93.6 Å². The molecular formula is C10H14N6. The van der Waals surface area contributed by atoms with Crippen LogP contribution in [0.15, 0.2) is 18.7 Å². The van der Waals surface area contributed by atoms with Gasteiger partial charge in [0.25, 0.3) is 0 Å². The van der Waals surface area contributed by atoms with Gasteiger partial charge in [-0.3, -0.25) is 5.10 Å². The third-order valence-electron chi connectivity index (χ3n) is 2.22. The first-order valence-corrected chi connectivity index (χ1v) is 5.27. The Kier molecular flexibility index (Phi) is 3.42. The van der Waals surface area contributed by atoms with E-state index in [2.05, 4.69) is 37.4 Å². The molecule has 2 rings (SSSR count). The van der Waals surface area contributed by atoms with E-state index >= 15 is 0 Å². The highest BCUT2D eigenvalue weighted by Gasteiger charge is 1.98. The first kappa shape index (κ1) is 10.5. The molecule has 0 saturated heterocycles. The van der Waals surface area contributed by atoms with Gasteiger partial charge in [0.1, 0.15) is 24.3 Å². The maximum Gasteiger partial charge on any atom is 0.137 e. The van der Waals surface area contributed by atoms with E-state index in [1.54, 1.807) is 6.33 Å². The zero-order valence-corrected chi connectivity index (χ0v) is 9.14. The fraction of sp³-hybridized carbons (Fsp3) is 0.400. The Balaban J connectivity index is 1.85. The number of hydrogen-bond acceptors (Lipinski definition) is 5. The SMILES string of the molecule is CCc1cc(NCCc2ncn[nH]2)ncn1. The second-order valence-electron chi connectivity index (χ2n) is 3.36. The second kappa shape index (κ2) is 5.20. The van der Waals surface area contributed by atoms with Crippen molar-refractivity contribution < 1.29 is 0 Å². The number of nitrogens with zero attached hydrogens (tertiary/aromatic N) is 4. The topological polar surface area (TPSA) is 79.4 Å². The molecule has 6 nitrogen and oxygen atoms in total. The van der Waals surface area contributed by atoms with Crippen molar-refractivity contribution in [3.05, 3.63) is 30.2 Å². The molecule has 2 heterocycles. The van der Waals surface area contributed by atoms with Crippen molar-refractivity contribution in [1.82, 2.24) is 25.1 Å². The average Bonchev–Trinajstić information content (AvgIpc) is 2.82. The fourth-order valence-electron chi connectivity index (χ4n) is 1.35. The summed E-state index contributed by atoms with van der Waals surface area (Å²) in [6.45, 7) is 2.84. The van der Waals surface area contributed by atoms with E-state index in [0.29, 0.717) is 0 Å². The minimum Gasteiger partial charge on any atom is -0.370 e. The Morgan fingerprint density at radius 3 is 2.94 bits per heavy atom. The van der Waals surface area contributed by atoms with Gasteiger partial charge < -0.3 is 5.32 Å². The standard InChI is InChI=1S/C10H14N6/c1-2-8-5-10(13-6-12-8)11-4-3-9-14-7-15-16-9/h5-7H,2-4H2,1H3,(H,11,12,13)(H,14,15,16). The molecule has 2 aromatic rings. The van der Waals surface area contributed by atoms with Crippen molar-refractivity contribution in [3.8, 4) is 0 Å². The van der Waals surface area contributed by atoms with Crippen molar-refractivity contribution in [2.45, 2.75) is 19.8 Å². The van der Waals surface area contributed by atoms with Crippen LogP contribution in [0.4, 0.5) is 5.82 Å². The molecule has 2 N–H and O–H groups in total. The molecule has 0 aliphatic rings. The van der Waals surface area contributed by atoms with Gasteiger partial charge >= 0.3 is 0 Å². The Bertz CT molecular complexity index is 425. The molecule has 84 valence electrons. The van der Waals surface area contributed by atoms with Crippen molar-refractivity contribution in [2.24, 2.45) is 0 Å². The van der Waals surface area contributed by atoms with Crippen LogP contribution in [0.2, 0.25) is 0 Å². The molecule has 0 aliphatic heterocycles.